The molecule has 6 nitrogen and oxygen atoms in total. The van der Waals surface area contributed by atoms with Crippen molar-refractivity contribution in [3.8, 4) is 0 Å². The Morgan fingerprint density at radius 2 is 2.18 bits per heavy atom. The van der Waals surface area contributed by atoms with Gasteiger partial charge in [-0.3, -0.25) is 0 Å². The van der Waals surface area contributed by atoms with Crippen molar-refractivity contribution in [2.75, 3.05) is 11.4 Å². The minimum absolute atomic E-state index is 0.201. The van der Waals surface area contributed by atoms with Gasteiger partial charge >= 0.3 is 0 Å². The Morgan fingerprint density at radius 3 is 2.91 bits per heavy atom. The van der Waals surface area contributed by atoms with Gasteiger partial charge in [-0.05, 0) is 25.7 Å². The summed E-state index contributed by atoms with van der Waals surface area (Å²) in [5, 5.41) is 8.96. The van der Waals surface area contributed by atoms with E-state index >= 15 is 0 Å². The third-order valence-corrected chi connectivity index (χ3v) is 4.04. The molecule has 2 aromatic rings. The molecule has 1 saturated heterocycles. The second-order valence-electron chi connectivity index (χ2n) is 6.18. The SMILES string of the molecule is Cc1nc(Cl)cc(N2CCCC2c2nncn2CC(C)C)n1. The van der Waals surface area contributed by atoms with Gasteiger partial charge in [0.05, 0.1) is 6.04 Å². The number of aromatic nitrogens is 5. The van der Waals surface area contributed by atoms with Crippen LogP contribution in [0.4, 0.5) is 5.82 Å². The first-order valence-corrected chi connectivity index (χ1v) is 8.08. The summed E-state index contributed by atoms with van der Waals surface area (Å²) in [7, 11) is 0. The molecular weight excluding hydrogens is 300 g/mol. The van der Waals surface area contributed by atoms with Crippen LogP contribution in [0.1, 0.15) is 44.4 Å². The Kier molecular flexibility index (Phi) is 4.29. The molecule has 0 aromatic carbocycles. The molecule has 0 spiro atoms. The average Bonchev–Trinajstić information content (AvgIpc) is 3.04. The normalized spacial score (nSPS) is 18.4. The molecule has 0 radical (unpaired) electrons. The minimum Gasteiger partial charge on any atom is -0.346 e. The maximum Gasteiger partial charge on any atom is 0.155 e. The summed E-state index contributed by atoms with van der Waals surface area (Å²) < 4.78 is 2.16. The van der Waals surface area contributed by atoms with Gasteiger partial charge in [0.2, 0.25) is 0 Å². The van der Waals surface area contributed by atoms with E-state index in [1.165, 1.54) is 0 Å². The largest absolute Gasteiger partial charge is 0.346 e. The number of rotatable bonds is 4. The zero-order chi connectivity index (χ0) is 15.7. The van der Waals surface area contributed by atoms with Crippen LogP contribution < -0.4 is 4.90 Å². The summed E-state index contributed by atoms with van der Waals surface area (Å²) in [5.74, 6) is 3.13. The van der Waals surface area contributed by atoms with Crippen LogP contribution in [0.5, 0.6) is 0 Å². The van der Waals surface area contributed by atoms with E-state index < -0.39 is 0 Å². The lowest BCUT2D eigenvalue weighted by atomic mass is 10.2. The highest BCUT2D eigenvalue weighted by molar-refractivity contribution is 6.29. The van der Waals surface area contributed by atoms with Crippen molar-refractivity contribution in [3.05, 3.63) is 29.2 Å². The first-order valence-electron chi connectivity index (χ1n) is 7.70. The van der Waals surface area contributed by atoms with E-state index in [1.807, 2.05) is 19.3 Å². The lowest BCUT2D eigenvalue weighted by Crippen LogP contribution is -2.27. The summed E-state index contributed by atoms with van der Waals surface area (Å²) >= 11 is 6.09. The maximum absolute atomic E-state index is 6.09. The highest BCUT2D eigenvalue weighted by Gasteiger charge is 2.31. The number of anilines is 1. The summed E-state index contributed by atoms with van der Waals surface area (Å²) in [5.41, 5.74) is 0. The second kappa shape index (κ2) is 6.20. The highest BCUT2D eigenvalue weighted by atomic mass is 35.5. The predicted octanol–water partition coefficient (Wildman–Crippen LogP) is 3.03. The van der Waals surface area contributed by atoms with E-state index in [-0.39, 0.29) is 6.04 Å². The van der Waals surface area contributed by atoms with Crippen LogP contribution >= 0.6 is 11.6 Å². The first-order chi connectivity index (χ1) is 10.5. The van der Waals surface area contributed by atoms with Crippen LogP contribution in [0.15, 0.2) is 12.4 Å². The fraction of sp³-hybridized carbons (Fsp3) is 0.600. The molecule has 22 heavy (non-hydrogen) atoms. The zero-order valence-corrected chi connectivity index (χ0v) is 14.0. The molecule has 0 N–H and O–H groups in total. The van der Waals surface area contributed by atoms with Crippen molar-refractivity contribution in [1.82, 2.24) is 24.7 Å². The van der Waals surface area contributed by atoms with Gasteiger partial charge in [0.25, 0.3) is 0 Å². The Bertz CT molecular complexity index is 633. The minimum atomic E-state index is 0.201. The van der Waals surface area contributed by atoms with Crippen molar-refractivity contribution < 1.29 is 0 Å². The van der Waals surface area contributed by atoms with Gasteiger partial charge in [-0.2, -0.15) is 0 Å². The Morgan fingerprint density at radius 1 is 1.36 bits per heavy atom. The van der Waals surface area contributed by atoms with E-state index in [9.17, 15) is 0 Å². The molecule has 7 heteroatoms. The quantitative estimate of drug-likeness (QED) is 0.810. The molecular formula is C15H21ClN6. The number of halogens is 1. The number of hydrogen-bond donors (Lipinski definition) is 0. The van der Waals surface area contributed by atoms with Crippen LogP contribution in [0.25, 0.3) is 0 Å². The Balaban J connectivity index is 1.92. The third kappa shape index (κ3) is 3.06. The van der Waals surface area contributed by atoms with Crippen molar-refractivity contribution >= 4 is 17.4 Å². The van der Waals surface area contributed by atoms with E-state index in [1.54, 1.807) is 0 Å². The lowest BCUT2D eigenvalue weighted by Gasteiger charge is -2.26. The summed E-state index contributed by atoms with van der Waals surface area (Å²) in [4.78, 5) is 10.9. The van der Waals surface area contributed by atoms with Gasteiger partial charge in [0, 0.05) is 19.2 Å². The fourth-order valence-corrected chi connectivity index (χ4v) is 3.25. The van der Waals surface area contributed by atoms with E-state index in [0.29, 0.717) is 16.9 Å². The summed E-state index contributed by atoms with van der Waals surface area (Å²) in [6.07, 6.45) is 3.99. The molecule has 1 unspecified atom stereocenters. The van der Waals surface area contributed by atoms with E-state index in [4.69, 9.17) is 11.6 Å². The van der Waals surface area contributed by atoms with Crippen LogP contribution in [0.2, 0.25) is 5.15 Å². The summed E-state index contributed by atoms with van der Waals surface area (Å²) in [6, 6.07) is 2.03. The number of hydrogen-bond acceptors (Lipinski definition) is 5. The monoisotopic (exact) mass is 320 g/mol. The molecule has 1 fully saturated rings. The third-order valence-electron chi connectivity index (χ3n) is 3.85. The zero-order valence-electron chi connectivity index (χ0n) is 13.2. The molecule has 0 bridgehead atoms. The topological polar surface area (TPSA) is 59.7 Å². The van der Waals surface area contributed by atoms with Crippen molar-refractivity contribution in [3.63, 3.8) is 0 Å². The fourth-order valence-electron chi connectivity index (χ4n) is 3.03. The predicted molar refractivity (Wildman–Crippen MR) is 86.0 cm³/mol. The molecule has 3 heterocycles. The van der Waals surface area contributed by atoms with Gasteiger partial charge in [-0.1, -0.05) is 25.4 Å². The maximum atomic E-state index is 6.09. The molecule has 3 rings (SSSR count). The molecule has 118 valence electrons. The van der Waals surface area contributed by atoms with Gasteiger partial charge in [-0.25, -0.2) is 9.97 Å². The lowest BCUT2D eigenvalue weighted by molar-refractivity contribution is 0.487. The second-order valence-corrected chi connectivity index (χ2v) is 6.57. The number of aryl methyl sites for hydroxylation is 1. The molecule has 0 amide bonds. The molecule has 0 saturated carbocycles. The highest BCUT2D eigenvalue weighted by Crippen LogP contribution is 2.35. The average molecular weight is 321 g/mol. The van der Waals surface area contributed by atoms with Crippen molar-refractivity contribution in [2.45, 2.75) is 46.2 Å². The van der Waals surface area contributed by atoms with Gasteiger partial charge in [-0.15, -0.1) is 10.2 Å². The van der Waals surface area contributed by atoms with E-state index in [2.05, 4.69) is 43.5 Å². The van der Waals surface area contributed by atoms with E-state index in [0.717, 1.165) is 37.6 Å². The van der Waals surface area contributed by atoms with Gasteiger partial charge in [0.15, 0.2) is 5.82 Å². The molecule has 1 aliphatic rings. The molecule has 2 aromatic heterocycles. The Hall–Kier alpha value is -1.69. The van der Waals surface area contributed by atoms with Crippen LogP contribution in [0.3, 0.4) is 0 Å². The first kappa shape index (κ1) is 15.2. The number of nitrogens with zero attached hydrogens (tertiary/aromatic N) is 6. The van der Waals surface area contributed by atoms with Crippen molar-refractivity contribution in [1.29, 1.82) is 0 Å². The van der Waals surface area contributed by atoms with Crippen LogP contribution in [-0.4, -0.2) is 31.3 Å². The molecule has 1 atom stereocenters. The van der Waals surface area contributed by atoms with Crippen molar-refractivity contribution in [2.24, 2.45) is 5.92 Å². The molecule has 0 aliphatic carbocycles. The van der Waals surface area contributed by atoms with Crippen LogP contribution in [0, 0.1) is 12.8 Å². The standard InChI is InChI=1S/C15H21ClN6/c1-10(2)8-21-9-17-20-15(21)12-5-4-6-22(12)14-7-13(16)18-11(3)19-14/h7,9-10,12H,4-6,8H2,1-3H3. The van der Waals surface area contributed by atoms with Gasteiger partial charge < -0.3 is 9.47 Å². The van der Waals surface area contributed by atoms with Crippen LogP contribution in [-0.2, 0) is 6.54 Å². The molecule has 1 aliphatic heterocycles. The Labute approximate surface area is 135 Å². The summed E-state index contributed by atoms with van der Waals surface area (Å²) in [6.45, 7) is 8.14. The van der Waals surface area contributed by atoms with Gasteiger partial charge in [0.1, 0.15) is 23.1 Å². The smallest absolute Gasteiger partial charge is 0.155 e.